The zero-order chi connectivity index (χ0) is 19.4. The maximum absolute atomic E-state index is 12.4. The van der Waals surface area contributed by atoms with Gasteiger partial charge in [-0.2, -0.15) is 0 Å². The van der Waals surface area contributed by atoms with E-state index >= 15 is 0 Å². The number of aromatic nitrogens is 1. The molecule has 0 aliphatic carbocycles. The largest absolute Gasteiger partial charge is 0.494 e. The highest BCUT2D eigenvalue weighted by atomic mass is 32.2. The maximum atomic E-state index is 12.4. The SMILES string of the molecule is CCCCOc1ccc(C(=O)Nc2nc3ccc(S(C)(=O)=O)cc3s2)cc1. The van der Waals surface area contributed by atoms with E-state index in [9.17, 15) is 13.2 Å². The van der Waals surface area contributed by atoms with E-state index in [1.165, 1.54) is 17.4 Å². The van der Waals surface area contributed by atoms with Crippen molar-refractivity contribution in [2.75, 3.05) is 18.2 Å². The highest BCUT2D eigenvalue weighted by Gasteiger charge is 2.13. The summed E-state index contributed by atoms with van der Waals surface area (Å²) in [4.78, 5) is 17.0. The second-order valence-corrected chi connectivity index (χ2v) is 9.15. The van der Waals surface area contributed by atoms with Crippen LogP contribution in [0, 0.1) is 0 Å². The molecule has 0 radical (unpaired) electrons. The molecule has 0 unspecified atom stereocenters. The number of rotatable bonds is 7. The summed E-state index contributed by atoms with van der Waals surface area (Å²) in [5.41, 5.74) is 1.14. The fraction of sp³-hybridized carbons (Fsp3) is 0.263. The Hall–Kier alpha value is -2.45. The van der Waals surface area contributed by atoms with E-state index in [1.54, 1.807) is 36.4 Å². The summed E-state index contributed by atoms with van der Waals surface area (Å²) in [7, 11) is -3.28. The third-order valence-electron chi connectivity index (χ3n) is 3.89. The third kappa shape index (κ3) is 4.84. The molecule has 27 heavy (non-hydrogen) atoms. The van der Waals surface area contributed by atoms with Crippen molar-refractivity contribution in [2.45, 2.75) is 24.7 Å². The molecule has 3 rings (SSSR count). The predicted molar refractivity (Wildman–Crippen MR) is 108 cm³/mol. The maximum Gasteiger partial charge on any atom is 0.257 e. The summed E-state index contributed by atoms with van der Waals surface area (Å²) in [5, 5.41) is 3.18. The number of benzene rings is 2. The van der Waals surface area contributed by atoms with Gasteiger partial charge in [0.1, 0.15) is 5.75 Å². The fourth-order valence-electron chi connectivity index (χ4n) is 2.40. The minimum Gasteiger partial charge on any atom is -0.494 e. The van der Waals surface area contributed by atoms with Crippen molar-refractivity contribution in [3.8, 4) is 5.75 Å². The Kier molecular flexibility index (Phi) is 5.76. The smallest absolute Gasteiger partial charge is 0.257 e. The van der Waals surface area contributed by atoms with Gasteiger partial charge < -0.3 is 4.74 Å². The number of sulfone groups is 1. The zero-order valence-electron chi connectivity index (χ0n) is 15.1. The predicted octanol–water partition coefficient (Wildman–Crippen LogP) is 4.13. The van der Waals surface area contributed by atoms with Crippen molar-refractivity contribution in [1.82, 2.24) is 4.98 Å². The molecule has 1 heterocycles. The number of amides is 1. The first-order valence-electron chi connectivity index (χ1n) is 8.51. The number of carbonyl (C=O) groups is 1. The number of unbranched alkanes of at least 4 members (excludes halogenated alkanes) is 1. The van der Waals surface area contributed by atoms with Crippen LogP contribution in [0.1, 0.15) is 30.1 Å². The Morgan fingerprint density at radius 2 is 1.93 bits per heavy atom. The summed E-state index contributed by atoms with van der Waals surface area (Å²) in [6.07, 6.45) is 3.21. The van der Waals surface area contributed by atoms with Crippen molar-refractivity contribution in [1.29, 1.82) is 0 Å². The molecule has 8 heteroatoms. The van der Waals surface area contributed by atoms with Gasteiger partial charge in [-0.05, 0) is 48.9 Å². The number of carbonyl (C=O) groups excluding carboxylic acids is 1. The minimum atomic E-state index is -3.28. The van der Waals surface area contributed by atoms with Crippen molar-refractivity contribution >= 4 is 42.4 Å². The second kappa shape index (κ2) is 8.06. The van der Waals surface area contributed by atoms with Gasteiger partial charge in [-0.25, -0.2) is 13.4 Å². The van der Waals surface area contributed by atoms with Crippen LogP contribution < -0.4 is 10.1 Å². The van der Waals surface area contributed by atoms with E-state index in [1.807, 2.05) is 0 Å². The van der Waals surface area contributed by atoms with Crippen LogP contribution >= 0.6 is 11.3 Å². The van der Waals surface area contributed by atoms with Crippen LogP contribution in [-0.4, -0.2) is 32.2 Å². The molecule has 0 saturated heterocycles. The van der Waals surface area contributed by atoms with Crippen LogP contribution in [0.3, 0.4) is 0 Å². The number of fused-ring (bicyclic) bond motifs is 1. The summed E-state index contributed by atoms with van der Waals surface area (Å²) in [6.45, 7) is 2.75. The van der Waals surface area contributed by atoms with Crippen molar-refractivity contribution in [3.63, 3.8) is 0 Å². The molecule has 0 bridgehead atoms. The zero-order valence-corrected chi connectivity index (χ0v) is 16.7. The standard InChI is InChI=1S/C19H20N2O4S2/c1-3-4-11-25-14-7-5-13(6-8-14)18(22)21-19-20-16-10-9-15(27(2,23)24)12-17(16)26-19/h5-10,12H,3-4,11H2,1-2H3,(H,20,21,22). The number of hydrogen-bond acceptors (Lipinski definition) is 6. The van der Waals surface area contributed by atoms with Gasteiger partial charge in [-0.1, -0.05) is 24.7 Å². The van der Waals surface area contributed by atoms with Crippen LogP contribution in [0.2, 0.25) is 0 Å². The topological polar surface area (TPSA) is 85.4 Å². The fourth-order valence-corrected chi connectivity index (χ4v) is 4.02. The van der Waals surface area contributed by atoms with Gasteiger partial charge in [0.25, 0.3) is 5.91 Å². The van der Waals surface area contributed by atoms with Gasteiger partial charge in [-0.15, -0.1) is 0 Å². The van der Waals surface area contributed by atoms with Gasteiger partial charge in [0.15, 0.2) is 15.0 Å². The molecule has 0 aliphatic heterocycles. The van der Waals surface area contributed by atoms with Gasteiger partial charge >= 0.3 is 0 Å². The Morgan fingerprint density at radius 1 is 1.19 bits per heavy atom. The molecule has 0 spiro atoms. The molecule has 142 valence electrons. The molecule has 6 nitrogen and oxygen atoms in total. The molecule has 3 aromatic rings. The Labute approximate surface area is 162 Å². The van der Waals surface area contributed by atoms with Crippen LogP contribution in [0.15, 0.2) is 47.4 Å². The van der Waals surface area contributed by atoms with Crippen LogP contribution in [-0.2, 0) is 9.84 Å². The summed E-state index contributed by atoms with van der Waals surface area (Å²) in [6, 6.07) is 11.7. The van der Waals surface area contributed by atoms with E-state index in [0.29, 0.717) is 27.5 Å². The van der Waals surface area contributed by atoms with Gasteiger partial charge in [-0.3, -0.25) is 10.1 Å². The third-order valence-corrected chi connectivity index (χ3v) is 5.94. The first-order chi connectivity index (χ1) is 12.9. The summed E-state index contributed by atoms with van der Waals surface area (Å²) in [5.74, 6) is 0.450. The van der Waals surface area contributed by atoms with Crippen molar-refractivity contribution < 1.29 is 17.9 Å². The monoisotopic (exact) mass is 404 g/mol. The van der Waals surface area contributed by atoms with E-state index in [0.717, 1.165) is 24.8 Å². The van der Waals surface area contributed by atoms with Crippen molar-refractivity contribution in [3.05, 3.63) is 48.0 Å². The van der Waals surface area contributed by atoms with Crippen LogP contribution in [0.25, 0.3) is 10.2 Å². The van der Waals surface area contributed by atoms with Crippen LogP contribution in [0.5, 0.6) is 5.75 Å². The minimum absolute atomic E-state index is 0.232. The number of hydrogen-bond donors (Lipinski definition) is 1. The molecule has 1 N–H and O–H groups in total. The number of anilines is 1. The summed E-state index contributed by atoms with van der Waals surface area (Å²) >= 11 is 1.24. The lowest BCUT2D eigenvalue weighted by atomic mass is 10.2. The number of thiazole rings is 1. The van der Waals surface area contributed by atoms with E-state index in [2.05, 4.69) is 17.2 Å². The Bertz CT molecular complexity index is 1060. The molecular weight excluding hydrogens is 384 g/mol. The molecule has 2 aromatic carbocycles. The van der Waals surface area contributed by atoms with Gasteiger partial charge in [0.05, 0.1) is 21.7 Å². The van der Waals surface area contributed by atoms with Gasteiger partial charge in [0, 0.05) is 11.8 Å². The van der Waals surface area contributed by atoms with E-state index < -0.39 is 9.84 Å². The molecular formula is C19H20N2O4S2. The van der Waals surface area contributed by atoms with Crippen LogP contribution in [0.4, 0.5) is 5.13 Å². The van der Waals surface area contributed by atoms with Crippen molar-refractivity contribution in [2.24, 2.45) is 0 Å². The molecule has 0 saturated carbocycles. The second-order valence-electron chi connectivity index (χ2n) is 6.10. The lowest BCUT2D eigenvalue weighted by molar-refractivity contribution is 0.102. The average molecular weight is 405 g/mol. The Morgan fingerprint density at radius 3 is 2.59 bits per heavy atom. The van der Waals surface area contributed by atoms with Gasteiger partial charge in [0.2, 0.25) is 0 Å². The molecule has 0 fully saturated rings. The highest BCUT2D eigenvalue weighted by molar-refractivity contribution is 7.90. The molecule has 1 amide bonds. The first kappa shape index (κ1) is 19.3. The molecule has 0 atom stereocenters. The average Bonchev–Trinajstić information content (AvgIpc) is 3.03. The highest BCUT2D eigenvalue weighted by Crippen LogP contribution is 2.28. The molecule has 1 aromatic heterocycles. The number of ether oxygens (including phenoxy) is 1. The first-order valence-corrected chi connectivity index (χ1v) is 11.2. The normalized spacial score (nSPS) is 11.5. The van der Waals surface area contributed by atoms with E-state index in [-0.39, 0.29) is 10.8 Å². The molecule has 0 aliphatic rings. The number of nitrogens with one attached hydrogen (secondary N) is 1. The number of nitrogens with zero attached hydrogens (tertiary/aromatic N) is 1. The lowest BCUT2D eigenvalue weighted by Gasteiger charge is -2.06. The Balaban J connectivity index is 1.72. The van der Waals surface area contributed by atoms with E-state index in [4.69, 9.17) is 4.74 Å². The quantitative estimate of drug-likeness (QED) is 0.599. The summed E-state index contributed by atoms with van der Waals surface area (Å²) < 4.78 is 29.6. The lowest BCUT2D eigenvalue weighted by Crippen LogP contribution is -2.11.